The Labute approximate surface area is 123 Å². The van der Waals surface area contributed by atoms with Gasteiger partial charge in [-0.3, -0.25) is 0 Å². The van der Waals surface area contributed by atoms with Gasteiger partial charge in [-0.15, -0.1) is 0 Å². The minimum atomic E-state index is -0.259. The van der Waals surface area contributed by atoms with E-state index >= 15 is 0 Å². The molecule has 0 aliphatic rings. The molecule has 0 amide bonds. The third-order valence-corrected chi connectivity index (χ3v) is 3.83. The number of hydrogen-bond acceptors (Lipinski definition) is 1. The van der Waals surface area contributed by atoms with Gasteiger partial charge in [-0.25, -0.2) is 4.39 Å². The van der Waals surface area contributed by atoms with E-state index in [1.165, 1.54) is 12.1 Å². The van der Waals surface area contributed by atoms with Gasteiger partial charge in [0.1, 0.15) is 5.82 Å². The Hall–Kier alpha value is -2.13. The van der Waals surface area contributed by atoms with Crippen LogP contribution in [0.5, 0.6) is 0 Å². The molecule has 0 bridgehead atoms. The predicted molar refractivity (Wildman–Crippen MR) is 83.2 cm³/mol. The van der Waals surface area contributed by atoms with Crippen LogP contribution in [-0.4, -0.2) is 9.67 Å². The van der Waals surface area contributed by atoms with Gasteiger partial charge in [0.05, 0.1) is 17.8 Å². The van der Waals surface area contributed by atoms with Crippen LogP contribution in [0.4, 0.5) is 4.39 Å². The number of para-hydroxylation sites is 1. The van der Waals surface area contributed by atoms with Crippen LogP contribution in [0.25, 0.3) is 16.6 Å². The van der Waals surface area contributed by atoms with Gasteiger partial charge >= 0.3 is 0 Å². The second kappa shape index (κ2) is 5.34. The van der Waals surface area contributed by atoms with Crippen molar-refractivity contribution in [3.8, 4) is 5.69 Å². The number of nitrogens with zero attached hydrogens (tertiary/aromatic N) is 1. The fourth-order valence-corrected chi connectivity index (χ4v) is 3.00. The molecule has 0 saturated heterocycles. The van der Waals surface area contributed by atoms with Crippen molar-refractivity contribution in [1.29, 1.82) is 0 Å². The number of rotatable bonds is 3. The van der Waals surface area contributed by atoms with Crippen LogP contribution in [0.2, 0.25) is 0 Å². The highest BCUT2D eigenvalue weighted by Gasteiger charge is 2.19. The molecule has 1 N–H and O–H groups in total. The molecule has 3 heteroatoms. The first-order valence-corrected chi connectivity index (χ1v) is 7.12. The molecular formula is C18H18FNO. The largest absolute Gasteiger partial charge is 0.390 e. The molecule has 3 aromatic rings. The van der Waals surface area contributed by atoms with Crippen LogP contribution < -0.4 is 0 Å². The molecule has 108 valence electrons. The maximum Gasteiger partial charge on any atom is 0.123 e. The molecular weight excluding hydrogens is 265 g/mol. The molecule has 0 aliphatic carbocycles. The average Bonchev–Trinajstić information content (AvgIpc) is 2.82. The van der Waals surface area contributed by atoms with E-state index in [1.54, 1.807) is 12.1 Å². The van der Waals surface area contributed by atoms with Gasteiger partial charge in [0.2, 0.25) is 0 Å². The molecule has 0 fully saturated rings. The summed E-state index contributed by atoms with van der Waals surface area (Å²) in [5.74, 6) is 0.0450. The Morgan fingerprint density at radius 2 is 1.71 bits per heavy atom. The average molecular weight is 283 g/mol. The fourth-order valence-electron chi connectivity index (χ4n) is 3.00. The summed E-state index contributed by atoms with van der Waals surface area (Å²) in [4.78, 5) is 0. The van der Waals surface area contributed by atoms with Crippen molar-refractivity contribution >= 4 is 10.9 Å². The highest BCUT2D eigenvalue weighted by Crippen LogP contribution is 2.34. The number of aliphatic hydroxyl groups excluding tert-OH is 1. The Bertz CT molecular complexity index is 772. The van der Waals surface area contributed by atoms with Gasteiger partial charge in [0.25, 0.3) is 0 Å². The van der Waals surface area contributed by atoms with Gasteiger partial charge in [-0.2, -0.15) is 0 Å². The molecule has 0 atom stereocenters. The van der Waals surface area contributed by atoms with Gasteiger partial charge < -0.3 is 9.67 Å². The second-order valence-electron chi connectivity index (χ2n) is 5.50. The van der Waals surface area contributed by atoms with Crippen LogP contribution in [0.3, 0.4) is 0 Å². The van der Waals surface area contributed by atoms with E-state index in [-0.39, 0.29) is 12.4 Å². The molecule has 2 nitrogen and oxygen atoms in total. The monoisotopic (exact) mass is 283 g/mol. The number of benzene rings is 2. The molecule has 0 spiro atoms. The van der Waals surface area contributed by atoms with Crippen molar-refractivity contribution in [3.63, 3.8) is 0 Å². The number of aliphatic hydroxyl groups is 1. The number of aromatic nitrogens is 1. The summed E-state index contributed by atoms with van der Waals surface area (Å²) in [7, 11) is 0. The van der Waals surface area contributed by atoms with E-state index in [0.717, 1.165) is 27.8 Å². The molecule has 1 heterocycles. The first kappa shape index (κ1) is 13.8. The van der Waals surface area contributed by atoms with Gasteiger partial charge in [0.15, 0.2) is 0 Å². The number of fused-ring (bicyclic) bond motifs is 1. The summed E-state index contributed by atoms with van der Waals surface area (Å²) in [6.07, 6.45) is 0. The summed E-state index contributed by atoms with van der Waals surface area (Å²) in [6, 6.07) is 14.5. The van der Waals surface area contributed by atoms with Gasteiger partial charge in [-0.05, 0) is 41.8 Å². The molecule has 0 aliphatic heterocycles. The first-order valence-electron chi connectivity index (χ1n) is 7.12. The summed E-state index contributed by atoms with van der Waals surface area (Å²) >= 11 is 0. The Kier molecular flexibility index (Phi) is 3.52. The normalized spacial score (nSPS) is 11.5. The zero-order valence-electron chi connectivity index (χ0n) is 12.2. The zero-order valence-corrected chi connectivity index (χ0v) is 12.2. The minimum Gasteiger partial charge on any atom is -0.390 e. The third-order valence-electron chi connectivity index (χ3n) is 3.83. The van der Waals surface area contributed by atoms with Crippen LogP contribution in [-0.2, 0) is 6.61 Å². The Morgan fingerprint density at radius 3 is 2.33 bits per heavy atom. The maximum atomic E-state index is 13.2. The third kappa shape index (κ3) is 2.24. The van der Waals surface area contributed by atoms with E-state index < -0.39 is 0 Å². The standard InChI is InChI=1S/C18H18FNO/c1-12(2)18-15-5-3-4-6-16(15)20(17(18)11-21)14-9-7-13(19)8-10-14/h3-10,12,21H,11H2,1-2H3. The maximum absolute atomic E-state index is 13.2. The van der Waals surface area contributed by atoms with E-state index in [9.17, 15) is 9.50 Å². The van der Waals surface area contributed by atoms with Crippen molar-refractivity contribution < 1.29 is 9.50 Å². The van der Waals surface area contributed by atoms with Crippen molar-refractivity contribution in [3.05, 3.63) is 65.6 Å². The molecule has 1 aromatic heterocycles. The molecule has 0 unspecified atom stereocenters. The van der Waals surface area contributed by atoms with Crippen molar-refractivity contribution in [2.75, 3.05) is 0 Å². The van der Waals surface area contributed by atoms with Crippen molar-refractivity contribution in [2.24, 2.45) is 0 Å². The summed E-state index contributed by atoms with van der Waals surface area (Å²) in [6.45, 7) is 4.20. The molecule has 0 saturated carbocycles. The van der Waals surface area contributed by atoms with Crippen LogP contribution >= 0.6 is 0 Å². The fraction of sp³-hybridized carbons (Fsp3) is 0.222. The minimum absolute atomic E-state index is 0.0421. The topological polar surface area (TPSA) is 25.2 Å². The van der Waals surface area contributed by atoms with Crippen molar-refractivity contribution in [1.82, 2.24) is 4.57 Å². The lowest BCUT2D eigenvalue weighted by Gasteiger charge is -2.12. The Morgan fingerprint density at radius 1 is 1.05 bits per heavy atom. The summed E-state index contributed by atoms with van der Waals surface area (Å²) < 4.78 is 15.2. The van der Waals surface area contributed by atoms with Gasteiger partial charge in [0, 0.05) is 11.1 Å². The SMILES string of the molecule is CC(C)c1c(CO)n(-c2ccc(F)cc2)c2ccccc12. The van der Waals surface area contributed by atoms with E-state index in [0.29, 0.717) is 5.92 Å². The highest BCUT2D eigenvalue weighted by molar-refractivity contribution is 5.87. The quantitative estimate of drug-likeness (QED) is 0.758. The Balaban J connectivity index is 2.38. The van der Waals surface area contributed by atoms with E-state index in [4.69, 9.17) is 0 Å². The molecule has 3 rings (SSSR count). The molecule has 2 aromatic carbocycles. The first-order chi connectivity index (χ1) is 10.1. The second-order valence-corrected chi connectivity index (χ2v) is 5.50. The van der Waals surface area contributed by atoms with E-state index in [1.807, 2.05) is 22.8 Å². The van der Waals surface area contributed by atoms with E-state index in [2.05, 4.69) is 19.9 Å². The summed E-state index contributed by atoms with van der Waals surface area (Å²) in [5, 5.41) is 11.0. The zero-order chi connectivity index (χ0) is 15.0. The number of hydrogen-bond donors (Lipinski definition) is 1. The van der Waals surface area contributed by atoms with Gasteiger partial charge in [-0.1, -0.05) is 32.0 Å². The van der Waals surface area contributed by atoms with Crippen molar-refractivity contribution in [2.45, 2.75) is 26.4 Å². The lowest BCUT2D eigenvalue weighted by atomic mass is 9.99. The summed E-state index contributed by atoms with van der Waals surface area (Å²) in [5.41, 5.74) is 3.93. The predicted octanol–water partition coefficient (Wildman–Crippen LogP) is 4.39. The lowest BCUT2D eigenvalue weighted by Crippen LogP contribution is -2.03. The molecule has 21 heavy (non-hydrogen) atoms. The van der Waals surface area contributed by atoms with Crippen LogP contribution in [0.1, 0.15) is 31.0 Å². The molecule has 0 radical (unpaired) electrons. The van der Waals surface area contributed by atoms with Crippen LogP contribution in [0, 0.1) is 5.82 Å². The van der Waals surface area contributed by atoms with Crippen LogP contribution in [0.15, 0.2) is 48.5 Å². The smallest absolute Gasteiger partial charge is 0.123 e. The lowest BCUT2D eigenvalue weighted by molar-refractivity contribution is 0.273. The number of halogens is 1. The highest BCUT2D eigenvalue weighted by atomic mass is 19.1.